The molecule has 0 radical (unpaired) electrons. The van der Waals surface area contributed by atoms with E-state index in [0.717, 1.165) is 15.5 Å². The number of fused-ring (bicyclic) bond motifs is 1. The van der Waals surface area contributed by atoms with E-state index in [1.165, 1.54) is 6.33 Å². The molecular weight excluding hydrogens is 346 g/mol. The minimum atomic E-state index is 0.595. The molecule has 0 spiro atoms. The van der Waals surface area contributed by atoms with Crippen molar-refractivity contribution in [3.8, 4) is 11.5 Å². The molecule has 0 saturated carbocycles. The minimum absolute atomic E-state index is 0.595. The number of anilines is 2. The average molecular weight is 360 g/mol. The van der Waals surface area contributed by atoms with Crippen LogP contribution in [-0.2, 0) is 0 Å². The number of para-hydroxylation sites is 1. The molecule has 0 amide bonds. The summed E-state index contributed by atoms with van der Waals surface area (Å²) in [7, 11) is 3.20. The number of hydrogen-bond acceptors (Lipinski definition) is 5. The fourth-order valence-electron chi connectivity index (χ4n) is 2.23. The molecule has 1 aromatic heterocycles. The smallest absolute Gasteiger partial charge is 0.187 e. The quantitative estimate of drug-likeness (QED) is 0.757. The highest BCUT2D eigenvalue weighted by atomic mass is 79.9. The van der Waals surface area contributed by atoms with E-state index in [1.807, 2.05) is 36.4 Å². The molecule has 112 valence electrons. The van der Waals surface area contributed by atoms with Crippen LogP contribution in [-0.4, -0.2) is 24.2 Å². The van der Waals surface area contributed by atoms with E-state index in [0.29, 0.717) is 22.8 Å². The van der Waals surface area contributed by atoms with Crippen LogP contribution >= 0.6 is 15.9 Å². The number of hydrogen-bond donors (Lipinski definition) is 1. The van der Waals surface area contributed by atoms with Crippen molar-refractivity contribution in [2.24, 2.45) is 0 Å². The zero-order valence-electron chi connectivity index (χ0n) is 12.1. The Hall–Kier alpha value is -2.34. The summed E-state index contributed by atoms with van der Waals surface area (Å²) in [5.41, 5.74) is 1.63. The van der Waals surface area contributed by atoms with E-state index >= 15 is 0 Å². The van der Waals surface area contributed by atoms with E-state index in [9.17, 15) is 0 Å². The van der Waals surface area contributed by atoms with Gasteiger partial charge in [-0.3, -0.25) is 0 Å². The van der Waals surface area contributed by atoms with Crippen LogP contribution in [0.4, 0.5) is 11.5 Å². The molecule has 2 aromatic carbocycles. The lowest BCUT2D eigenvalue weighted by atomic mass is 10.2. The topological polar surface area (TPSA) is 56.3 Å². The number of nitrogens with zero attached hydrogens (tertiary/aromatic N) is 2. The van der Waals surface area contributed by atoms with Crippen LogP contribution in [0, 0.1) is 0 Å². The molecule has 0 saturated heterocycles. The zero-order valence-corrected chi connectivity index (χ0v) is 13.7. The Morgan fingerprint density at radius 3 is 2.55 bits per heavy atom. The number of aromatic nitrogens is 2. The van der Waals surface area contributed by atoms with Gasteiger partial charge in [0.15, 0.2) is 11.5 Å². The van der Waals surface area contributed by atoms with Crippen molar-refractivity contribution in [2.45, 2.75) is 0 Å². The molecule has 0 bridgehead atoms. The van der Waals surface area contributed by atoms with Crippen LogP contribution in [0.1, 0.15) is 0 Å². The van der Waals surface area contributed by atoms with Gasteiger partial charge in [0.25, 0.3) is 0 Å². The first kappa shape index (κ1) is 14.6. The molecule has 0 aliphatic rings. The molecule has 1 heterocycles. The number of rotatable bonds is 4. The van der Waals surface area contributed by atoms with Gasteiger partial charge in [0.1, 0.15) is 17.7 Å². The van der Waals surface area contributed by atoms with Crippen molar-refractivity contribution in [2.75, 3.05) is 19.5 Å². The van der Waals surface area contributed by atoms with Crippen LogP contribution in [0.25, 0.3) is 10.9 Å². The standard InChI is InChI=1S/C16H14BrN3O2/c1-21-13-8-7-10-14(15(13)22-2)18-9-19-16(10)20-12-6-4-3-5-11(12)17/h3-9H,1-2H3,(H,18,19,20). The molecule has 6 heteroatoms. The van der Waals surface area contributed by atoms with Crippen molar-refractivity contribution in [3.63, 3.8) is 0 Å². The molecule has 0 aliphatic carbocycles. The molecule has 5 nitrogen and oxygen atoms in total. The van der Waals surface area contributed by atoms with Crippen molar-refractivity contribution in [1.82, 2.24) is 9.97 Å². The third kappa shape index (κ3) is 2.57. The number of nitrogens with one attached hydrogen (secondary N) is 1. The Bertz CT molecular complexity index is 824. The first-order valence-corrected chi connectivity index (χ1v) is 7.41. The summed E-state index contributed by atoms with van der Waals surface area (Å²) < 4.78 is 11.7. The Balaban J connectivity index is 2.13. The summed E-state index contributed by atoms with van der Waals surface area (Å²) in [6, 6.07) is 11.6. The summed E-state index contributed by atoms with van der Waals surface area (Å²) in [5.74, 6) is 1.94. The predicted molar refractivity (Wildman–Crippen MR) is 90.1 cm³/mol. The largest absolute Gasteiger partial charge is 0.493 e. The Morgan fingerprint density at radius 2 is 1.82 bits per heavy atom. The molecule has 1 N–H and O–H groups in total. The van der Waals surface area contributed by atoms with Gasteiger partial charge in [0.05, 0.1) is 19.9 Å². The maximum atomic E-state index is 5.43. The number of benzene rings is 2. The zero-order chi connectivity index (χ0) is 15.5. The van der Waals surface area contributed by atoms with Gasteiger partial charge in [0.2, 0.25) is 0 Å². The lowest BCUT2D eigenvalue weighted by molar-refractivity contribution is 0.358. The summed E-state index contributed by atoms with van der Waals surface area (Å²) in [6.07, 6.45) is 1.50. The third-order valence-electron chi connectivity index (χ3n) is 3.28. The first-order chi connectivity index (χ1) is 10.7. The van der Waals surface area contributed by atoms with Gasteiger partial charge in [-0.05, 0) is 40.2 Å². The van der Waals surface area contributed by atoms with Crippen molar-refractivity contribution in [1.29, 1.82) is 0 Å². The van der Waals surface area contributed by atoms with Gasteiger partial charge in [0, 0.05) is 9.86 Å². The lowest BCUT2D eigenvalue weighted by Crippen LogP contribution is -1.99. The fraction of sp³-hybridized carbons (Fsp3) is 0.125. The van der Waals surface area contributed by atoms with Gasteiger partial charge in [-0.15, -0.1) is 0 Å². The second kappa shape index (κ2) is 6.19. The highest BCUT2D eigenvalue weighted by molar-refractivity contribution is 9.10. The molecule has 3 rings (SSSR count). The molecule has 0 atom stereocenters. The Labute approximate surface area is 136 Å². The van der Waals surface area contributed by atoms with Crippen LogP contribution in [0.5, 0.6) is 11.5 Å². The van der Waals surface area contributed by atoms with Gasteiger partial charge < -0.3 is 14.8 Å². The van der Waals surface area contributed by atoms with E-state index in [2.05, 4.69) is 31.2 Å². The molecule has 0 unspecified atom stereocenters. The monoisotopic (exact) mass is 359 g/mol. The maximum Gasteiger partial charge on any atom is 0.187 e. The van der Waals surface area contributed by atoms with Crippen LogP contribution in [0.2, 0.25) is 0 Å². The number of halogens is 1. The van der Waals surface area contributed by atoms with Crippen molar-refractivity contribution in [3.05, 3.63) is 47.2 Å². The SMILES string of the molecule is COc1ccc2c(Nc3ccccc3Br)ncnc2c1OC. The average Bonchev–Trinajstić information content (AvgIpc) is 2.56. The molecular formula is C16H14BrN3O2. The molecule has 3 aromatic rings. The number of methoxy groups -OCH3 is 2. The highest BCUT2D eigenvalue weighted by Crippen LogP contribution is 2.37. The Morgan fingerprint density at radius 1 is 1.00 bits per heavy atom. The van der Waals surface area contributed by atoms with E-state index in [-0.39, 0.29) is 0 Å². The third-order valence-corrected chi connectivity index (χ3v) is 3.97. The van der Waals surface area contributed by atoms with Gasteiger partial charge in [-0.25, -0.2) is 9.97 Å². The fourth-order valence-corrected chi connectivity index (χ4v) is 2.62. The predicted octanol–water partition coefficient (Wildman–Crippen LogP) is 4.15. The van der Waals surface area contributed by atoms with E-state index in [1.54, 1.807) is 14.2 Å². The highest BCUT2D eigenvalue weighted by Gasteiger charge is 2.13. The van der Waals surface area contributed by atoms with Crippen LogP contribution < -0.4 is 14.8 Å². The summed E-state index contributed by atoms with van der Waals surface area (Å²) >= 11 is 3.52. The van der Waals surface area contributed by atoms with Crippen LogP contribution in [0.15, 0.2) is 47.2 Å². The van der Waals surface area contributed by atoms with Crippen LogP contribution in [0.3, 0.4) is 0 Å². The van der Waals surface area contributed by atoms with Gasteiger partial charge in [-0.2, -0.15) is 0 Å². The normalized spacial score (nSPS) is 10.5. The lowest BCUT2D eigenvalue weighted by Gasteiger charge is -2.13. The Kier molecular flexibility index (Phi) is 4.11. The van der Waals surface area contributed by atoms with Crippen molar-refractivity contribution >= 4 is 38.3 Å². The van der Waals surface area contributed by atoms with E-state index < -0.39 is 0 Å². The first-order valence-electron chi connectivity index (χ1n) is 6.62. The molecule has 22 heavy (non-hydrogen) atoms. The summed E-state index contributed by atoms with van der Waals surface area (Å²) in [4.78, 5) is 8.65. The maximum absolute atomic E-state index is 5.43. The summed E-state index contributed by atoms with van der Waals surface area (Å²) in [5, 5.41) is 4.17. The minimum Gasteiger partial charge on any atom is -0.493 e. The number of ether oxygens (including phenoxy) is 2. The molecule has 0 aliphatic heterocycles. The second-order valence-electron chi connectivity index (χ2n) is 4.52. The molecule has 0 fully saturated rings. The second-order valence-corrected chi connectivity index (χ2v) is 5.38. The summed E-state index contributed by atoms with van der Waals surface area (Å²) in [6.45, 7) is 0. The van der Waals surface area contributed by atoms with Gasteiger partial charge in [-0.1, -0.05) is 12.1 Å². The van der Waals surface area contributed by atoms with E-state index in [4.69, 9.17) is 9.47 Å². The van der Waals surface area contributed by atoms with Crippen molar-refractivity contribution < 1.29 is 9.47 Å². The van der Waals surface area contributed by atoms with Gasteiger partial charge >= 0.3 is 0 Å².